The summed E-state index contributed by atoms with van der Waals surface area (Å²) in [5, 5.41) is 0. The lowest BCUT2D eigenvalue weighted by Crippen LogP contribution is -2.55. The van der Waals surface area contributed by atoms with E-state index in [1.54, 1.807) is 0 Å². The molecule has 2 fully saturated rings. The van der Waals surface area contributed by atoms with E-state index < -0.39 is 0 Å². The van der Waals surface area contributed by atoms with Crippen LogP contribution in [0.5, 0.6) is 0 Å². The quantitative estimate of drug-likeness (QED) is 0.824. The van der Waals surface area contributed by atoms with Crippen molar-refractivity contribution in [1.82, 2.24) is 9.80 Å². The average Bonchev–Trinajstić information content (AvgIpc) is 2.34. The molecule has 0 aromatic rings. The van der Waals surface area contributed by atoms with Gasteiger partial charge in [-0.05, 0) is 38.0 Å². The van der Waals surface area contributed by atoms with Gasteiger partial charge in [0.2, 0.25) is 5.91 Å². The minimum absolute atomic E-state index is 0.117. The highest BCUT2D eigenvalue weighted by Crippen LogP contribution is 2.27. The fraction of sp³-hybridized carbons (Fsp3) is 0.933. The van der Waals surface area contributed by atoms with Gasteiger partial charge in [-0.3, -0.25) is 9.69 Å². The van der Waals surface area contributed by atoms with Crippen LogP contribution in [-0.2, 0) is 4.79 Å². The number of nitrogens with two attached hydrogens (primary N) is 1. The summed E-state index contributed by atoms with van der Waals surface area (Å²) < 4.78 is 0. The van der Waals surface area contributed by atoms with Crippen LogP contribution in [0.2, 0.25) is 0 Å². The monoisotopic (exact) mass is 267 g/mol. The number of hydrogen-bond donors (Lipinski definition) is 1. The summed E-state index contributed by atoms with van der Waals surface area (Å²) in [6, 6.07) is 0.675. The second-order valence-corrected chi connectivity index (χ2v) is 7.03. The molecule has 0 spiro atoms. The fourth-order valence-electron chi connectivity index (χ4n) is 3.37. The molecule has 0 aromatic carbocycles. The number of hydrogen-bond acceptors (Lipinski definition) is 3. The number of carbonyl (C=O) groups excluding carboxylic acids is 1. The molecule has 2 unspecified atom stereocenters. The third-order valence-electron chi connectivity index (χ3n) is 4.87. The van der Waals surface area contributed by atoms with E-state index in [1.165, 1.54) is 6.42 Å². The summed E-state index contributed by atoms with van der Waals surface area (Å²) in [5.41, 5.74) is 6.27. The number of piperidine rings is 2. The molecule has 2 rings (SSSR count). The van der Waals surface area contributed by atoms with E-state index in [0.717, 1.165) is 38.9 Å². The predicted molar refractivity (Wildman–Crippen MR) is 77.8 cm³/mol. The highest BCUT2D eigenvalue weighted by molar-refractivity contribution is 5.78. The van der Waals surface area contributed by atoms with Crippen molar-refractivity contribution in [2.75, 3.05) is 26.2 Å². The van der Waals surface area contributed by atoms with Crippen molar-refractivity contribution in [2.45, 2.75) is 58.5 Å². The molecule has 0 bridgehead atoms. The summed E-state index contributed by atoms with van der Waals surface area (Å²) in [6.45, 7) is 9.99. The molecular formula is C15H29N3O. The molecule has 2 saturated heterocycles. The minimum atomic E-state index is 0.117. The van der Waals surface area contributed by atoms with Crippen molar-refractivity contribution in [3.05, 3.63) is 0 Å². The van der Waals surface area contributed by atoms with Crippen LogP contribution in [-0.4, -0.2) is 54.0 Å². The van der Waals surface area contributed by atoms with Crippen LogP contribution >= 0.6 is 0 Å². The molecule has 4 heteroatoms. The normalized spacial score (nSPS) is 32.3. The van der Waals surface area contributed by atoms with Crippen molar-refractivity contribution in [3.63, 3.8) is 0 Å². The maximum Gasteiger partial charge on any atom is 0.236 e. The van der Waals surface area contributed by atoms with Crippen LogP contribution < -0.4 is 5.73 Å². The van der Waals surface area contributed by atoms with E-state index in [9.17, 15) is 4.79 Å². The van der Waals surface area contributed by atoms with Crippen LogP contribution in [0.1, 0.15) is 46.5 Å². The third kappa shape index (κ3) is 3.48. The zero-order chi connectivity index (χ0) is 14.0. The number of amides is 1. The maximum absolute atomic E-state index is 12.4. The van der Waals surface area contributed by atoms with Crippen molar-refractivity contribution in [1.29, 1.82) is 0 Å². The molecule has 110 valence electrons. The first kappa shape index (κ1) is 14.8. The SMILES string of the molecule is CC1CCCCN1C(=O)CN1CCC(N)C(C)(C)C1. The molecule has 0 aromatic heterocycles. The Hall–Kier alpha value is -0.610. The average molecular weight is 267 g/mol. The van der Waals surface area contributed by atoms with Crippen molar-refractivity contribution in [3.8, 4) is 0 Å². The molecule has 2 atom stereocenters. The summed E-state index contributed by atoms with van der Waals surface area (Å²) in [4.78, 5) is 16.8. The summed E-state index contributed by atoms with van der Waals surface area (Å²) in [5.74, 6) is 0.304. The van der Waals surface area contributed by atoms with Crippen LogP contribution in [0.3, 0.4) is 0 Å². The summed E-state index contributed by atoms with van der Waals surface area (Å²) >= 11 is 0. The van der Waals surface area contributed by atoms with Crippen molar-refractivity contribution < 1.29 is 4.79 Å². The highest BCUT2D eigenvalue weighted by Gasteiger charge is 2.35. The Labute approximate surface area is 117 Å². The summed E-state index contributed by atoms with van der Waals surface area (Å²) in [7, 11) is 0. The Morgan fingerprint density at radius 3 is 2.63 bits per heavy atom. The van der Waals surface area contributed by atoms with Gasteiger partial charge in [-0.15, -0.1) is 0 Å². The lowest BCUT2D eigenvalue weighted by Gasteiger charge is -2.43. The van der Waals surface area contributed by atoms with Gasteiger partial charge < -0.3 is 10.6 Å². The topological polar surface area (TPSA) is 49.6 Å². The van der Waals surface area contributed by atoms with Gasteiger partial charge in [0.15, 0.2) is 0 Å². The highest BCUT2D eigenvalue weighted by atomic mass is 16.2. The largest absolute Gasteiger partial charge is 0.339 e. The minimum Gasteiger partial charge on any atom is -0.339 e. The van der Waals surface area contributed by atoms with E-state index in [0.29, 0.717) is 18.5 Å². The second-order valence-electron chi connectivity index (χ2n) is 7.03. The number of carbonyl (C=O) groups is 1. The van der Waals surface area contributed by atoms with E-state index in [-0.39, 0.29) is 11.5 Å². The van der Waals surface area contributed by atoms with Crippen LogP contribution in [0.4, 0.5) is 0 Å². The standard InChI is InChI=1S/C15H29N3O/c1-12-6-4-5-8-18(12)14(19)10-17-9-7-13(16)15(2,3)11-17/h12-13H,4-11,16H2,1-3H3. The Balaban J connectivity index is 1.88. The first-order valence-corrected chi connectivity index (χ1v) is 7.67. The molecule has 0 radical (unpaired) electrons. The van der Waals surface area contributed by atoms with Gasteiger partial charge in [-0.25, -0.2) is 0 Å². The van der Waals surface area contributed by atoms with Crippen LogP contribution in [0.25, 0.3) is 0 Å². The lowest BCUT2D eigenvalue weighted by molar-refractivity contribution is -0.136. The Bertz CT molecular complexity index is 329. The third-order valence-corrected chi connectivity index (χ3v) is 4.87. The zero-order valence-electron chi connectivity index (χ0n) is 12.7. The molecule has 2 aliphatic heterocycles. The van der Waals surface area contributed by atoms with Crippen LogP contribution in [0, 0.1) is 5.41 Å². The predicted octanol–water partition coefficient (Wildman–Crippen LogP) is 1.45. The van der Waals surface area contributed by atoms with Gasteiger partial charge >= 0.3 is 0 Å². The second kappa shape index (κ2) is 5.80. The van der Waals surface area contributed by atoms with E-state index >= 15 is 0 Å². The van der Waals surface area contributed by atoms with E-state index in [2.05, 4.69) is 30.6 Å². The molecular weight excluding hydrogens is 238 g/mol. The van der Waals surface area contributed by atoms with Gasteiger partial charge in [0, 0.05) is 31.7 Å². The van der Waals surface area contributed by atoms with E-state index in [4.69, 9.17) is 5.73 Å². The maximum atomic E-state index is 12.4. The molecule has 1 amide bonds. The fourth-order valence-corrected chi connectivity index (χ4v) is 3.37. The lowest BCUT2D eigenvalue weighted by atomic mass is 9.80. The molecule has 2 N–H and O–H groups in total. The first-order valence-electron chi connectivity index (χ1n) is 7.67. The molecule has 4 nitrogen and oxygen atoms in total. The van der Waals surface area contributed by atoms with Gasteiger partial charge in [0.05, 0.1) is 6.54 Å². The number of rotatable bonds is 2. The first-order chi connectivity index (χ1) is 8.90. The van der Waals surface area contributed by atoms with Crippen molar-refractivity contribution >= 4 is 5.91 Å². The number of likely N-dealkylation sites (tertiary alicyclic amines) is 2. The molecule has 2 heterocycles. The Morgan fingerprint density at radius 1 is 1.26 bits per heavy atom. The number of nitrogens with zero attached hydrogens (tertiary/aromatic N) is 2. The van der Waals surface area contributed by atoms with E-state index in [1.807, 2.05) is 0 Å². The molecule has 0 saturated carbocycles. The van der Waals surface area contributed by atoms with Gasteiger partial charge in [-0.2, -0.15) is 0 Å². The Kier molecular flexibility index (Phi) is 4.51. The molecule has 0 aliphatic carbocycles. The van der Waals surface area contributed by atoms with Crippen LogP contribution in [0.15, 0.2) is 0 Å². The van der Waals surface area contributed by atoms with Crippen molar-refractivity contribution in [2.24, 2.45) is 11.1 Å². The smallest absolute Gasteiger partial charge is 0.236 e. The molecule has 19 heavy (non-hydrogen) atoms. The zero-order valence-corrected chi connectivity index (χ0v) is 12.7. The summed E-state index contributed by atoms with van der Waals surface area (Å²) in [6.07, 6.45) is 4.57. The van der Waals surface area contributed by atoms with Gasteiger partial charge in [0.1, 0.15) is 0 Å². The Morgan fingerprint density at radius 2 is 2.00 bits per heavy atom. The van der Waals surface area contributed by atoms with Gasteiger partial charge in [0.25, 0.3) is 0 Å². The molecule has 2 aliphatic rings. The van der Waals surface area contributed by atoms with Gasteiger partial charge in [-0.1, -0.05) is 13.8 Å².